The van der Waals surface area contributed by atoms with E-state index in [9.17, 15) is 9.59 Å². The van der Waals surface area contributed by atoms with Crippen LogP contribution < -0.4 is 5.32 Å². The molecule has 3 aromatic rings. The first-order valence-corrected chi connectivity index (χ1v) is 10.0. The summed E-state index contributed by atoms with van der Waals surface area (Å²) in [6, 6.07) is 16.8. The fourth-order valence-corrected chi connectivity index (χ4v) is 3.61. The van der Waals surface area contributed by atoms with Gasteiger partial charge in [0.05, 0.1) is 12.2 Å². The van der Waals surface area contributed by atoms with E-state index in [1.165, 1.54) is 11.8 Å². The zero-order valence-corrected chi connectivity index (χ0v) is 16.7. The normalized spacial score (nSPS) is 10.6. The van der Waals surface area contributed by atoms with Crippen LogP contribution in [-0.4, -0.2) is 32.2 Å². The summed E-state index contributed by atoms with van der Waals surface area (Å²) < 4.78 is 1.87. The van der Waals surface area contributed by atoms with Crippen LogP contribution in [0, 0.1) is 6.92 Å². The minimum atomic E-state index is -0.150. The molecule has 0 atom stereocenters. The average Bonchev–Trinajstić information content (AvgIpc) is 3.09. The molecule has 1 aromatic heterocycles. The quantitative estimate of drug-likeness (QED) is 0.465. The van der Waals surface area contributed by atoms with Crippen LogP contribution in [-0.2, 0) is 17.8 Å². The molecule has 6 nitrogen and oxygen atoms in total. The maximum Gasteiger partial charge on any atom is 0.232 e. The highest BCUT2D eigenvalue weighted by Gasteiger charge is 2.16. The Balaban J connectivity index is 1.62. The average molecular weight is 395 g/mol. The fourth-order valence-electron chi connectivity index (χ4n) is 2.70. The number of rotatable bonds is 8. The van der Waals surface area contributed by atoms with E-state index in [-0.39, 0.29) is 23.9 Å². The van der Waals surface area contributed by atoms with Crippen molar-refractivity contribution in [3.8, 4) is 0 Å². The van der Waals surface area contributed by atoms with Crippen molar-refractivity contribution in [2.24, 2.45) is 0 Å². The largest absolute Gasteiger partial charge is 0.326 e. The molecule has 0 aliphatic heterocycles. The highest BCUT2D eigenvalue weighted by atomic mass is 32.2. The number of hydrogen-bond donors (Lipinski definition) is 1. The summed E-state index contributed by atoms with van der Waals surface area (Å²) in [6.07, 6.45) is 0.127. The van der Waals surface area contributed by atoms with Crippen LogP contribution in [0.3, 0.4) is 0 Å². The predicted octanol–water partition coefficient (Wildman–Crippen LogP) is 3.76. The summed E-state index contributed by atoms with van der Waals surface area (Å²) >= 11 is 1.34. The molecule has 1 N–H and O–H groups in total. The van der Waals surface area contributed by atoms with Gasteiger partial charge in [-0.25, -0.2) is 0 Å². The molecule has 0 spiro atoms. The molecule has 0 fully saturated rings. The summed E-state index contributed by atoms with van der Waals surface area (Å²) in [6.45, 7) is 4.59. The van der Waals surface area contributed by atoms with Crippen molar-refractivity contribution < 1.29 is 9.59 Å². The Bertz CT molecular complexity index is 952. The number of carbonyl (C=O) groups is 2. The molecule has 1 heterocycles. The second kappa shape index (κ2) is 9.32. The Morgan fingerprint density at radius 1 is 1.04 bits per heavy atom. The molecule has 3 rings (SSSR count). The number of nitrogens with zero attached hydrogens (tertiary/aromatic N) is 3. The van der Waals surface area contributed by atoms with Gasteiger partial charge in [-0.1, -0.05) is 59.8 Å². The van der Waals surface area contributed by atoms with Crippen molar-refractivity contribution in [1.29, 1.82) is 0 Å². The van der Waals surface area contributed by atoms with Gasteiger partial charge in [0.2, 0.25) is 5.91 Å². The molecule has 0 aliphatic rings. The van der Waals surface area contributed by atoms with E-state index in [1.807, 2.05) is 60.9 Å². The second-order valence-corrected chi connectivity index (χ2v) is 7.25. The van der Waals surface area contributed by atoms with Gasteiger partial charge in [0.15, 0.2) is 10.9 Å². The third-order valence-corrected chi connectivity index (χ3v) is 5.16. The monoisotopic (exact) mass is 394 g/mol. The first kappa shape index (κ1) is 19.8. The smallest absolute Gasteiger partial charge is 0.232 e. The minimum Gasteiger partial charge on any atom is -0.326 e. The molecule has 7 heteroatoms. The van der Waals surface area contributed by atoms with Gasteiger partial charge in [0, 0.05) is 17.8 Å². The van der Waals surface area contributed by atoms with E-state index < -0.39 is 0 Å². The topological polar surface area (TPSA) is 76.9 Å². The van der Waals surface area contributed by atoms with Gasteiger partial charge in [-0.05, 0) is 26.0 Å². The lowest BCUT2D eigenvalue weighted by atomic mass is 10.2. The van der Waals surface area contributed by atoms with Crippen LogP contribution in [0.25, 0.3) is 0 Å². The first-order chi connectivity index (χ1) is 13.6. The molecule has 1 amide bonds. The number of hydrogen-bond acceptors (Lipinski definition) is 5. The van der Waals surface area contributed by atoms with Gasteiger partial charge >= 0.3 is 0 Å². The Kier molecular flexibility index (Phi) is 6.60. The van der Waals surface area contributed by atoms with Gasteiger partial charge in [0.25, 0.3) is 0 Å². The molecule has 0 radical (unpaired) electrons. The zero-order chi connectivity index (χ0) is 19.9. The lowest BCUT2D eigenvalue weighted by Gasteiger charge is -2.08. The summed E-state index contributed by atoms with van der Waals surface area (Å²) in [5.74, 6) is 0.747. The summed E-state index contributed by atoms with van der Waals surface area (Å²) in [7, 11) is 0. The number of ketones is 1. The minimum absolute atomic E-state index is 0.0370. The van der Waals surface area contributed by atoms with E-state index >= 15 is 0 Å². The fraction of sp³-hybridized carbons (Fsp3) is 0.238. The number of anilines is 1. The number of benzene rings is 2. The molecule has 144 valence electrons. The number of carbonyl (C=O) groups excluding carboxylic acids is 2. The van der Waals surface area contributed by atoms with Crippen molar-refractivity contribution in [3.63, 3.8) is 0 Å². The Morgan fingerprint density at radius 3 is 2.43 bits per heavy atom. The highest BCUT2D eigenvalue weighted by molar-refractivity contribution is 7.99. The van der Waals surface area contributed by atoms with Crippen LogP contribution in [0.4, 0.5) is 5.69 Å². The number of Topliss-reactive ketones (excluding diaryl/α,β-unsaturated/α-hetero) is 1. The van der Waals surface area contributed by atoms with Crippen LogP contribution in [0.2, 0.25) is 0 Å². The SMILES string of the molecule is CCn1c(CC(=O)Nc2ccc(C)cc2)nnc1SCC(=O)c1ccccc1. The molecule has 0 unspecified atom stereocenters. The third kappa shape index (κ3) is 5.07. The van der Waals surface area contributed by atoms with Crippen LogP contribution in [0.15, 0.2) is 59.8 Å². The number of nitrogens with one attached hydrogen (secondary N) is 1. The third-order valence-electron chi connectivity index (χ3n) is 4.19. The number of amides is 1. The van der Waals surface area contributed by atoms with Gasteiger partial charge in [-0.15, -0.1) is 10.2 Å². The van der Waals surface area contributed by atoms with E-state index in [2.05, 4.69) is 15.5 Å². The molecule has 28 heavy (non-hydrogen) atoms. The molecular weight excluding hydrogens is 372 g/mol. The van der Waals surface area contributed by atoms with Crippen molar-refractivity contribution in [2.75, 3.05) is 11.1 Å². The van der Waals surface area contributed by atoms with Crippen molar-refractivity contribution in [3.05, 3.63) is 71.5 Å². The molecule has 0 saturated carbocycles. The van der Waals surface area contributed by atoms with E-state index in [4.69, 9.17) is 0 Å². The van der Waals surface area contributed by atoms with Gasteiger partial charge < -0.3 is 9.88 Å². The highest BCUT2D eigenvalue weighted by Crippen LogP contribution is 2.19. The van der Waals surface area contributed by atoms with Gasteiger partial charge in [0.1, 0.15) is 5.82 Å². The van der Waals surface area contributed by atoms with E-state index in [0.29, 0.717) is 23.1 Å². The van der Waals surface area contributed by atoms with Gasteiger partial charge in [-0.3, -0.25) is 9.59 Å². The molecule has 0 bridgehead atoms. The number of thioether (sulfide) groups is 1. The summed E-state index contributed by atoms with van der Waals surface area (Å²) in [5, 5.41) is 11.8. The lowest BCUT2D eigenvalue weighted by Crippen LogP contribution is -2.17. The number of aryl methyl sites for hydroxylation is 1. The van der Waals surface area contributed by atoms with E-state index in [1.54, 1.807) is 12.1 Å². The molecule has 2 aromatic carbocycles. The van der Waals surface area contributed by atoms with Crippen LogP contribution in [0.1, 0.15) is 28.7 Å². The first-order valence-electron chi connectivity index (χ1n) is 9.06. The van der Waals surface area contributed by atoms with E-state index in [0.717, 1.165) is 11.3 Å². The zero-order valence-electron chi connectivity index (χ0n) is 15.9. The van der Waals surface area contributed by atoms with Crippen molar-refractivity contribution in [2.45, 2.75) is 32.0 Å². The van der Waals surface area contributed by atoms with Crippen molar-refractivity contribution in [1.82, 2.24) is 14.8 Å². The van der Waals surface area contributed by atoms with Crippen LogP contribution >= 0.6 is 11.8 Å². The van der Waals surface area contributed by atoms with Crippen LogP contribution in [0.5, 0.6) is 0 Å². The molecule has 0 aliphatic carbocycles. The summed E-state index contributed by atoms with van der Waals surface area (Å²) in [4.78, 5) is 24.6. The molecule has 0 saturated heterocycles. The van der Waals surface area contributed by atoms with Gasteiger partial charge in [-0.2, -0.15) is 0 Å². The molecular formula is C21H22N4O2S. The standard InChI is InChI=1S/C21H22N4O2S/c1-3-25-19(13-20(27)22-17-11-9-15(2)10-12-17)23-24-21(25)28-14-18(26)16-7-5-4-6-8-16/h4-12H,3,13-14H2,1-2H3,(H,22,27). The Hall–Kier alpha value is -2.93. The second-order valence-electron chi connectivity index (χ2n) is 6.31. The maximum atomic E-state index is 12.3. The Morgan fingerprint density at radius 2 is 1.75 bits per heavy atom. The maximum absolute atomic E-state index is 12.3. The number of aromatic nitrogens is 3. The summed E-state index contributed by atoms with van der Waals surface area (Å²) in [5.41, 5.74) is 2.56. The Labute approximate surface area is 168 Å². The lowest BCUT2D eigenvalue weighted by molar-refractivity contribution is -0.115. The predicted molar refractivity (Wildman–Crippen MR) is 111 cm³/mol. The van der Waals surface area contributed by atoms with Crippen molar-refractivity contribution >= 4 is 29.1 Å².